The maximum absolute atomic E-state index is 12.3. The first kappa shape index (κ1) is 16.4. The van der Waals surface area contributed by atoms with E-state index >= 15 is 0 Å². The Hall–Kier alpha value is -2.43. The van der Waals surface area contributed by atoms with Crippen molar-refractivity contribution in [3.05, 3.63) is 53.0 Å². The van der Waals surface area contributed by atoms with E-state index in [1.165, 1.54) is 19.3 Å². The molecule has 1 saturated heterocycles. The molecule has 0 spiro atoms. The normalized spacial score (nSPS) is 14.5. The number of anilines is 1. The predicted molar refractivity (Wildman–Crippen MR) is 95.2 cm³/mol. The third-order valence-corrected chi connectivity index (χ3v) is 4.36. The number of aromatic nitrogens is 2. The van der Waals surface area contributed by atoms with E-state index in [4.69, 9.17) is 0 Å². The first-order valence-electron chi connectivity index (χ1n) is 8.57. The summed E-state index contributed by atoms with van der Waals surface area (Å²) in [5.74, 6) is 1.55. The summed E-state index contributed by atoms with van der Waals surface area (Å²) in [6.07, 6.45) is 3.71. The number of nitrogens with zero attached hydrogens (tertiary/aromatic N) is 3. The van der Waals surface area contributed by atoms with E-state index in [1.807, 2.05) is 44.2 Å². The lowest BCUT2D eigenvalue weighted by molar-refractivity contribution is 0.0949. The highest BCUT2D eigenvalue weighted by Crippen LogP contribution is 2.18. The molecule has 1 aliphatic heterocycles. The molecule has 5 heteroatoms. The number of piperidine rings is 1. The van der Waals surface area contributed by atoms with Crippen molar-refractivity contribution in [3.8, 4) is 0 Å². The summed E-state index contributed by atoms with van der Waals surface area (Å²) in [5, 5.41) is 2.93. The van der Waals surface area contributed by atoms with Crippen LogP contribution in [0.4, 0.5) is 5.82 Å². The number of rotatable bonds is 4. The van der Waals surface area contributed by atoms with Gasteiger partial charge in [-0.15, -0.1) is 0 Å². The molecule has 0 saturated carbocycles. The first-order valence-corrected chi connectivity index (χ1v) is 8.57. The van der Waals surface area contributed by atoms with E-state index < -0.39 is 0 Å². The lowest BCUT2D eigenvalue weighted by Gasteiger charge is -2.28. The molecule has 1 aromatic carbocycles. The summed E-state index contributed by atoms with van der Waals surface area (Å²) in [7, 11) is 0. The molecule has 3 rings (SSSR count). The number of carbonyl (C=O) groups is 1. The second-order valence-electron chi connectivity index (χ2n) is 6.33. The Bertz CT molecular complexity index is 723. The Kier molecular flexibility index (Phi) is 5.08. The van der Waals surface area contributed by atoms with Crippen LogP contribution in [0.2, 0.25) is 0 Å². The number of carbonyl (C=O) groups excluding carboxylic acids is 1. The molecular formula is C19H24N4O. The number of hydrogen-bond acceptors (Lipinski definition) is 4. The van der Waals surface area contributed by atoms with Gasteiger partial charge in [-0.2, -0.15) is 0 Å². The van der Waals surface area contributed by atoms with Crippen LogP contribution in [-0.2, 0) is 6.54 Å². The van der Waals surface area contributed by atoms with Crippen LogP contribution in [0.3, 0.4) is 0 Å². The lowest BCUT2D eigenvalue weighted by atomic mass is 10.1. The van der Waals surface area contributed by atoms with Gasteiger partial charge in [0.2, 0.25) is 0 Å². The molecule has 0 bridgehead atoms. The molecule has 2 aromatic rings. The van der Waals surface area contributed by atoms with Crippen molar-refractivity contribution in [1.82, 2.24) is 15.3 Å². The second kappa shape index (κ2) is 7.43. The second-order valence-corrected chi connectivity index (χ2v) is 6.33. The number of aryl methyl sites for hydroxylation is 2. The van der Waals surface area contributed by atoms with Gasteiger partial charge in [0.25, 0.3) is 5.91 Å². The summed E-state index contributed by atoms with van der Waals surface area (Å²) in [6.45, 7) is 6.35. The van der Waals surface area contributed by atoms with Crippen molar-refractivity contribution in [2.75, 3.05) is 18.0 Å². The molecule has 1 amide bonds. The van der Waals surface area contributed by atoms with E-state index in [2.05, 4.69) is 20.2 Å². The molecule has 0 atom stereocenters. The highest BCUT2D eigenvalue weighted by molar-refractivity contribution is 5.95. The van der Waals surface area contributed by atoms with Crippen LogP contribution in [0.1, 0.15) is 46.7 Å². The molecule has 126 valence electrons. The predicted octanol–water partition coefficient (Wildman–Crippen LogP) is 3.01. The van der Waals surface area contributed by atoms with Crippen LogP contribution in [0.5, 0.6) is 0 Å². The van der Waals surface area contributed by atoms with Gasteiger partial charge in [-0.25, -0.2) is 9.97 Å². The van der Waals surface area contributed by atoms with Crippen LogP contribution >= 0.6 is 0 Å². The van der Waals surface area contributed by atoms with Crippen molar-refractivity contribution in [2.45, 2.75) is 39.7 Å². The number of amides is 1. The number of nitrogens with one attached hydrogen (secondary N) is 1. The Morgan fingerprint density at radius 1 is 1.12 bits per heavy atom. The fourth-order valence-electron chi connectivity index (χ4n) is 3.06. The quantitative estimate of drug-likeness (QED) is 0.939. The van der Waals surface area contributed by atoms with Gasteiger partial charge in [0.1, 0.15) is 11.6 Å². The van der Waals surface area contributed by atoms with Gasteiger partial charge in [-0.3, -0.25) is 4.79 Å². The minimum absolute atomic E-state index is 0.0854. The van der Waals surface area contributed by atoms with Crippen LogP contribution in [0.25, 0.3) is 0 Å². The summed E-state index contributed by atoms with van der Waals surface area (Å²) in [4.78, 5) is 23.8. The highest BCUT2D eigenvalue weighted by Gasteiger charge is 2.14. The van der Waals surface area contributed by atoms with Crippen LogP contribution in [0.15, 0.2) is 30.3 Å². The van der Waals surface area contributed by atoms with Gasteiger partial charge < -0.3 is 10.2 Å². The maximum Gasteiger partial charge on any atom is 0.251 e. The molecule has 2 heterocycles. The first-order chi connectivity index (χ1) is 11.6. The Labute approximate surface area is 143 Å². The van der Waals surface area contributed by atoms with Gasteiger partial charge in [0.15, 0.2) is 0 Å². The van der Waals surface area contributed by atoms with E-state index in [-0.39, 0.29) is 5.91 Å². The van der Waals surface area contributed by atoms with Gasteiger partial charge in [0, 0.05) is 30.4 Å². The summed E-state index contributed by atoms with van der Waals surface area (Å²) >= 11 is 0. The molecule has 5 nitrogen and oxygen atoms in total. The minimum Gasteiger partial charge on any atom is -0.357 e. The lowest BCUT2D eigenvalue weighted by Crippen LogP contribution is -2.31. The smallest absolute Gasteiger partial charge is 0.251 e. The minimum atomic E-state index is -0.0854. The van der Waals surface area contributed by atoms with Crippen molar-refractivity contribution >= 4 is 11.7 Å². The zero-order valence-electron chi connectivity index (χ0n) is 14.4. The SMILES string of the molecule is Cc1cc(N2CCCCC2)nc(CNC(=O)c2ccccc2C)n1. The molecule has 0 aliphatic carbocycles. The average molecular weight is 324 g/mol. The summed E-state index contributed by atoms with van der Waals surface area (Å²) in [6, 6.07) is 9.60. The van der Waals surface area contributed by atoms with E-state index in [1.54, 1.807) is 0 Å². The molecule has 24 heavy (non-hydrogen) atoms. The Balaban J connectivity index is 1.70. The summed E-state index contributed by atoms with van der Waals surface area (Å²) in [5.41, 5.74) is 2.60. The van der Waals surface area contributed by atoms with Crippen molar-refractivity contribution in [3.63, 3.8) is 0 Å². The molecule has 1 aliphatic rings. The number of benzene rings is 1. The van der Waals surface area contributed by atoms with Crippen molar-refractivity contribution < 1.29 is 4.79 Å². The van der Waals surface area contributed by atoms with Gasteiger partial charge in [0.05, 0.1) is 6.54 Å². The highest BCUT2D eigenvalue weighted by atomic mass is 16.1. The standard InChI is InChI=1S/C19H24N4O/c1-14-8-4-5-9-16(14)19(24)20-13-17-21-15(2)12-18(22-17)23-10-6-3-7-11-23/h4-5,8-9,12H,3,6-7,10-11,13H2,1-2H3,(H,20,24). The monoisotopic (exact) mass is 324 g/mol. The largest absolute Gasteiger partial charge is 0.357 e. The fraction of sp³-hybridized carbons (Fsp3) is 0.421. The fourth-order valence-corrected chi connectivity index (χ4v) is 3.06. The van der Waals surface area contributed by atoms with Crippen molar-refractivity contribution in [2.24, 2.45) is 0 Å². The third kappa shape index (κ3) is 3.91. The maximum atomic E-state index is 12.3. The van der Waals surface area contributed by atoms with Crippen LogP contribution < -0.4 is 10.2 Å². The third-order valence-electron chi connectivity index (χ3n) is 4.36. The molecule has 0 radical (unpaired) electrons. The van der Waals surface area contributed by atoms with Crippen molar-refractivity contribution in [1.29, 1.82) is 0 Å². The van der Waals surface area contributed by atoms with E-state index in [0.29, 0.717) is 17.9 Å². The topological polar surface area (TPSA) is 58.1 Å². The molecule has 0 unspecified atom stereocenters. The van der Waals surface area contributed by atoms with E-state index in [9.17, 15) is 4.79 Å². The summed E-state index contributed by atoms with van der Waals surface area (Å²) < 4.78 is 0. The molecule has 1 fully saturated rings. The zero-order chi connectivity index (χ0) is 16.9. The van der Waals surface area contributed by atoms with Gasteiger partial charge in [-0.05, 0) is 44.7 Å². The average Bonchev–Trinajstić information content (AvgIpc) is 2.60. The zero-order valence-corrected chi connectivity index (χ0v) is 14.4. The molecular weight excluding hydrogens is 300 g/mol. The molecule has 1 aromatic heterocycles. The Morgan fingerprint density at radius 2 is 1.88 bits per heavy atom. The van der Waals surface area contributed by atoms with Crippen LogP contribution in [0, 0.1) is 13.8 Å². The van der Waals surface area contributed by atoms with E-state index in [0.717, 1.165) is 30.2 Å². The molecule has 1 N–H and O–H groups in total. The van der Waals surface area contributed by atoms with Gasteiger partial charge >= 0.3 is 0 Å². The number of hydrogen-bond donors (Lipinski definition) is 1. The Morgan fingerprint density at radius 3 is 2.62 bits per heavy atom. The van der Waals surface area contributed by atoms with Crippen LogP contribution in [-0.4, -0.2) is 29.0 Å². The van der Waals surface area contributed by atoms with Gasteiger partial charge in [-0.1, -0.05) is 18.2 Å².